The van der Waals surface area contributed by atoms with Crippen molar-refractivity contribution in [1.82, 2.24) is 14.8 Å². The van der Waals surface area contributed by atoms with E-state index in [4.69, 9.17) is 0 Å². The molecule has 3 aromatic rings. The van der Waals surface area contributed by atoms with Crippen molar-refractivity contribution >= 4 is 32.5 Å². The van der Waals surface area contributed by atoms with E-state index in [2.05, 4.69) is 21.7 Å². The summed E-state index contributed by atoms with van der Waals surface area (Å²) in [4.78, 5) is 21.6. The van der Waals surface area contributed by atoms with Gasteiger partial charge in [0.05, 0.1) is 5.52 Å². The smallest absolute Gasteiger partial charge is 0.264 e. The maximum Gasteiger partial charge on any atom is 0.264 e. The Kier molecular flexibility index (Phi) is 4.91. The van der Waals surface area contributed by atoms with Crippen molar-refractivity contribution in [1.29, 1.82) is 0 Å². The van der Waals surface area contributed by atoms with Gasteiger partial charge in [-0.15, -0.1) is 0 Å². The van der Waals surface area contributed by atoms with Gasteiger partial charge in [-0.1, -0.05) is 18.2 Å². The van der Waals surface area contributed by atoms with E-state index >= 15 is 0 Å². The number of anilines is 1. The summed E-state index contributed by atoms with van der Waals surface area (Å²) >= 11 is 0. The molecule has 5 rings (SSSR count). The summed E-state index contributed by atoms with van der Waals surface area (Å²) in [6.45, 7) is 1.49. The van der Waals surface area contributed by atoms with Gasteiger partial charge < -0.3 is 4.90 Å². The Morgan fingerprint density at radius 3 is 2.39 bits per heavy atom. The van der Waals surface area contributed by atoms with Crippen LogP contribution in [0.2, 0.25) is 0 Å². The van der Waals surface area contributed by atoms with Crippen LogP contribution in [0.3, 0.4) is 0 Å². The number of rotatable bonds is 4. The number of hydrogen-bond acceptors (Lipinski definition) is 5. The highest BCUT2D eigenvalue weighted by Gasteiger charge is 2.39. The summed E-state index contributed by atoms with van der Waals surface area (Å²) in [6.07, 6.45) is 3.84. The number of pyridine rings is 1. The van der Waals surface area contributed by atoms with E-state index < -0.39 is 10.0 Å². The number of nitrogens with one attached hydrogen (secondary N) is 1. The van der Waals surface area contributed by atoms with Crippen LogP contribution in [0.4, 0.5) is 5.69 Å². The average Bonchev–Trinajstić information content (AvgIpc) is 2.98. The van der Waals surface area contributed by atoms with Gasteiger partial charge in [-0.25, -0.2) is 8.42 Å². The molecular formula is C23H24N4O3S. The highest BCUT2D eigenvalue weighted by atomic mass is 32.2. The Morgan fingerprint density at radius 2 is 1.68 bits per heavy atom. The quantitative estimate of drug-likeness (QED) is 0.680. The molecule has 2 bridgehead atoms. The van der Waals surface area contributed by atoms with Gasteiger partial charge in [0, 0.05) is 48.0 Å². The number of carbonyl (C=O) groups excluding carboxylic acids is 1. The third kappa shape index (κ3) is 3.66. The number of nitrogens with zero attached hydrogens (tertiary/aromatic N) is 3. The minimum absolute atomic E-state index is 0.00217. The van der Waals surface area contributed by atoms with Crippen LogP contribution in [-0.2, 0) is 10.0 Å². The first kappa shape index (κ1) is 20.0. The predicted octanol–water partition coefficient (Wildman–Crippen LogP) is 2.95. The fourth-order valence-corrected chi connectivity index (χ4v) is 5.89. The fourth-order valence-electron chi connectivity index (χ4n) is 4.65. The molecule has 2 aliphatic rings. The molecule has 2 unspecified atom stereocenters. The van der Waals surface area contributed by atoms with Crippen LogP contribution in [0.15, 0.2) is 65.7 Å². The van der Waals surface area contributed by atoms with E-state index in [-0.39, 0.29) is 10.8 Å². The van der Waals surface area contributed by atoms with Crippen LogP contribution >= 0.6 is 0 Å². The molecule has 3 heterocycles. The van der Waals surface area contributed by atoms with Crippen molar-refractivity contribution in [2.75, 3.05) is 24.9 Å². The molecule has 0 spiro atoms. The maximum absolute atomic E-state index is 13.0. The number of carbonyl (C=O) groups is 1. The first-order valence-corrected chi connectivity index (χ1v) is 11.9. The molecule has 0 aliphatic carbocycles. The third-order valence-electron chi connectivity index (χ3n) is 6.40. The van der Waals surface area contributed by atoms with Crippen molar-refractivity contribution in [3.8, 4) is 0 Å². The summed E-state index contributed by atoms with van der Waals surface area (Å²) in [7, 11) is -1.68. The molecule has 2 aliphatic heterocycles. The number of para-hydroxylation sites is 1. The second-order valence-corrected chi connectivity index (χ2v) is 9.93. The summed E-state index contributed by atoms with van der Waals surface area (Å²) in [5, 5.41) is 0.757. The normalized spacial score (nSPS) is 21.4. The van der Waals surface area contributed by atoms with E-state index in [1.165, 1.54) is 6.07 Å². The highest BCUT2D eigenvalue weighted by Crippen LogP contribution is 2.29. The van der Waals surface area contributed by atoms with Gasteiger partial charge in [0.25, 0.3) is 15.9 Å². The molecule has 2 saturated heterocycles. The summed E-state index contributed by atoms with van der Waals surface area (Å²) in [6, 6.07) is 16.2. The van der Waals surface area contributed by atoms with Crippen LogP contribution in [0.1, 0.15) is 23.2 Å². The summed E-state index contributed by atoms with van der Waals surface area (Å²) in [5.41, 5.74) is 1.40. The van der Waals surface area contributed by atoms with E-state index in [9.17, 15) is 13.2 Å². The Labute approximate surface area is 181 Å². The van der Waals surface area contributed by atoms with Crippen molar-refractivity contribution < 1.29 is 13.2 Å². The monoisotopic (exact) mass is 436 g/mol. The summed E-state index contributed by atoms with van der Waals surface area (Å²) in [5.74, 6) is -0.00217. The predicted molar refractivity (Wildman–Crippen MR) is 119 cm³/mol. The minimum atomic E-state index is -3.82. The standard InChI is InChI=1S/C23H24N4O3S/c1-26-19-11-12-20(26)15-27(14-19)23(28)17-7-9-18(10-8-17)25-31(29,30)21-6-2-4-16-5-3-13-24-22(16)21/h2-10,13,19-20,25H,11-12,14-15H2,1H3. The van der Waals surface area contributed by atoms with Gasteiger partial charge in [-0.2, -0.15) is 0 Å². The van der Waals surface area contributed by atoms with E-state index in [0.717, 1.165) is 31.3 Å². The molecule has 31 heavy (non-hydrogen) atoms. The lowest BCUT2D eigenvalue weighted by Gasteiger charge is -2.38. The molecule has 0 radical (unpaired) electrons. The number of hydrogen-bond donors (Lipinski definition) is 1. The Balaban J connectivity index is 1.34. The number of amides is 1. The molecular weight excluding hydrogens is 412 g/mol. The van der Waals surface area contributed by atoms with Gasteiger partial charge in [0.2, 0.25) is 0 Å². The lowest BCUT2D eigenvalue weighted by Crippen LogP contribution is -2.53. The Hall–Kier alpha value is -2.97. The molecule has 2 atom stereocenters. The van der Waals surface area contributed by atoms with Gasteiger partial charge in [-0.3, -0.25) is 19.4 Å². The topological polar surface area (TPSA) is 82.6 Å². The second-order valence-electron chi connectivity index (χ2n) is 8.27. The lowest BCUT2D eigenvalue weighted by atomic mass is 10.1. The molecule has 1 amide bonds. The van der Waals surface area contributed by atoms with Crippen molar-refractivity contribution in [3.63, 3.8) is 0 Å². The number of fused-ring (bicyclic) bond motifs is 3. The molecule has 2 fully saturated rings. The molecule has 160 valence electrons. The average molecular weight is 437 g/mol. The van der Waals surface area contributed by atoms with Gasteiger partial charge in [-0.05, 0) is 56.3 Å². The number of benzene rings is 2. The SMILES string of the molecule is CN1C2CCC1CN(C(=O)c1ccc(NS(=O)(=O)c3cccc4cccnc34)cc1)C2. The van der Waals surface area contributed by atoms with E-state index in [0.29, 0.717) is 28.9 Å². The number of aromatic nitrogens is 1. The maximum atomic E-state index is 13.0. The lowest BCUT2D eigenvalue weighted by molar-refractivity contribution is 0.0524. The van der Waals surface area contributed by atoms with E-state index in [1.807, 2.05) is 17.0 Å². The second kappa shape index (κ2) is 7.62. The van der Waals surface area contributed by atoms with E-state index in [1.54, 1.807) is 42.6 Å². The van der Waals surface area contributed by atoms with Crippen LogP contribution in [0, 0.1) is 0 Å². The number of likely N-dealkylation sites (tertiary alicyclic amines) is 1. The zero-order valence-corrected chi connectivity index (χ0v) is 18.0. The molecule has 2 aromatic carbocycles. The zero-order chi connectivity index (χ0) is 21.6. The van der Waals surface area contributed by atoms with Gasteiger partial charge in [0.1, 0.15) is 4.90 Å². The minimum Gasteiger partial charge on any atom is -0.336 e. The van der Waals surface area contributed by atoms with Crippen LogP contribution < -0.4 is 4.72 Å². The number of likely N-dealkylation sites (N-methyl/N-ethyl adjacent to an activating group) is 1. The molecule has 7 nitrogen and oxygen atoms in total. The Bertz CT molecular complexity index is 1220. The molecule has 1 N–H and O–H groups in total. The van der Waals surface area contributed by atoms with Crippen molar-refractivity contribution in [2.45, 2.75) is 29.8 Å². The van der Waals surface area contributed by atoms with Crippen molar-refractivity contribution in [2.24, 2.45) is 0 Å². The van der Waals surface area contributed by atoms with Crippen LogP contribution in [0.25, 0.3) is 10.9 Å². The molecule has 8 heteroatoms. The first-order chi connectivity index (χ1) is 14.9. The number of sulfonamides is 1. The van der Waals surface area contributed by atoms with Crippen LogP contribution in [-0.4, -0.2) is 61.3 Å². The van der Waals surface area contributed by atoms with Crippen LogP contribution in [0.5, 0.6) is 0 Å². The highest BCUT2D eigenvalue weighted by molar-refractivity contribution is 7.93. The first-order valence-electron chi connectivity index (χ1n) is 10.4. The molecule has 0 saturated carbocycles. The Morgan fingerprint density at radius 1 is 1.00 bits per heavy atom. The third-order valence-corrected chi connectivity index (χ3v) is 7.82. The van der Waals surface area contributed by atoms with Gasteiger partial charge in [0.15, 0.2) is 0 Å². The van der Waals surface area contributed by atoms with Crippen molar-refractivity contribution in [3.05, 3.63) is 66.4 Å². The summed E-state index contributed by atoms with van der Waals surface area (Å²) < 4.78 is 28.5. The zero-order valence-electron chi connectivity index (χ0n) is 17.2. The fraction of sp³-hybridized carbons (Fsp3) is 0.304. The molecule has 1 aromatic heterocycles. The largest absolute Gasteiger partial charge is 0.336 e. The van der Waals surface area contributed by atoms with Gasteiger partial charge >= 0.3 is 0 Å². The number of piperazine rings is 1.